The third-order valence-electron chi connectivity index (χ3n) is 2.48. The van der Waals surface area contributed by atoms with Crippen LogP contribution in [0.2, 0.25) is 5.02 Å². The van der Waals surface area contributed by atoms with Gasteiger partial charge in [0.15, 0.2) is 0 Å². The molecule has 0 saturated heterocycles. The molecule has 0 saturated carbocycles. The van der Waals surface area contributed by atoms with E-state index in [9.17, 15) is 8.42 Å². The van der Waals surface area contributed by atoms with Crippen LogP contribution in [0.1, 0.15) is 5.56 Å². The van der Waals surface area contributed by atoms with Crippen LogP contribution in [0.3, 0.4) is 0 Å². The minimum Gasteiger partial charge on any atom is -0.398 e. The summed E-state index contributed by atoms with van der Waals surface area (Å²) in [5, 5.41) is 0.318. The summed E-state index contributed by atoms with van der Waals surface area (Å²) in [5.74, 6) is 0. The van der Waals surface area contributed by atoms with Crippen LogP contribution in [-0.4, -0.2) is 13.4 Å². The number of anilines is 1. The van der Waals surface area contributed by atoms with Crippen LogP contribution in [0.25, 0.3) is 0 Å². The number of hydrogen-bond acceptors (Lipinski definition) is 4. The Kier molecular flexibility index (Phi) is 4.04. The first-order chi connectivity index (χ1) is 8.99. The summed E-state index contributed by atoms with van der Waals surface area (Å²) >= 11 is 5.78. The van der Waals surface area contributed by atoms with Gasteiger partial charge in [0, 0.05) is 24.0 Å². The minimum atomic E-state index is -3.69. The summed E-state index contributed by atoms with van der Waals surface area (Å²) in [6.45, 7) is 0.163. The lowest BCUT2D eigenvalue weighted by atomic mass is 10.3. The third-order valence-corrected chi connectivity index (χ3v) is 4.17. The Balaban J connectivity index is 2.21. The van der Waals surface area contributed by atoms with E-state index in [2.05, 4.69) is 9.71 Å². The lowest BCUT2D eigenvalue weighted by Crippen LogP contribution is -2.24. The lowest BCUT2D eigenvalue weighted by Gasteiger charge is -2.09. The fraction of sp³-hybridized carbons (Fsp3) is 0.0833. The van der Waals surface area contributed by atoms with E-state index in [0.29, 0.717) is 5.02 Å². The smallest absolute Gasteiger partial charge is 0.242 e. The molecule has 7 heteroatoms. The first-order valence-electron chi connectivity index (χ1n) is 5.42. The van der Waals surface area contributed by atoms with Crippen molar-refractivity contribution in [3.05, 3.63) is 53.3 Å². The Hall–Kier alpha value is -1.63. The van der Waals surface area contributed by atoms with Gasteiger partial charge < -0.3 is 5.73 Å². The van der Waals surface area contributed by atoms with Crippen LogP contribution in [0, 0.1) is 0 Å². The average Bonchev–Trinajstić information content (AvgIpc) is 2.40. The Morgan fingerprint density at radius 1 is 1.21 bits per heavy atom. The normalized spacial score (nSPS) is 11.4. The average molecular weight is 298 g/mol. The lowest BCUT2D eigenvalue weighted by molar-refractivity contribution is 0.581. The molecule has 0 aliphatic carbocycles. The molecule has 0 amide bonds. The molecule has 0 aliphatic rings. The summed E-state index contributed by atoms with van der Waals surface area (Å²) in [4.78, 5) is 3.84. The van der Waals surface area contributed by atoms with E-state index >= 15 is 0 Å². The van der Waals surface area contributed by atoms with Gasteiger partial charge in [-0.15, -0.1) is 0 Å². The Morgan fingerprint density at radius 3 is 2.58 bits per heavy atom. The van der Waals surface area contributed by atoms with Crippen LogP contribution < -0.4 is 10.5 Å². The second-order valence-electron chi connectivity index (χ2n) is 3.86. The first kappa shape index (κ1) is 13.8. The van der Waals surface area contributed by atoms with Crippen molar-refractivity contribution in [2.45, 2.75) is 11.4 Å². The van der Waals surface area contributed by atoms with Crippen LogP contribution in [0.5, 0.6) is 0 Å². The van der Waals surface area contributed by atoms with Gasteiger partial charge in [0.2, 0.25) is 10.0 Å². The molecule has 1 aromatic heterocycles. The molecule has 0 aliphatic heterocycles. The van der Waals surface area contributed by atoms with Gasteiger partial charge in [-0.05, 0) is 35.9 Å². The van der Waals surface area contributed by atoms with Crippen molar-refractivity contribution >= 4 is 27.3 Å². The number of nitrogens with one attached hydrogen (secondary N) is 1. The topological polar surface area (TPSA) is 85.1 Å². The standard InChI is InChI=1S/C12H12ClN3O2S/c13-10-1-2-11(14)12(7-10)19(17,18)16-8-9-3-5-15-6-4-9/h1-7,16H,8,14H2. The third kappa shape index (κ3) is 3.44. The number of halogens is 1. The van der Waals surface area contributed by atoms with Crippen molar-refractivity contribution in [1.29, 1.82) is 0 Å². The molecule has 2 aromatic rings. The summed E-state index contributed by atoms with van der Waals surface area (Å²) in [6, 6.07) is 7.78. The fourth-order valence-corrected chi connectivity index (χ4v) is 2.91. The van der Waals surface area contributed by atoms with Crippen molar-refractivity contribution in [3.63, 3.8) is 0 Å². The van der Waals surface area contributed by atoms with Crippen LogP contribution >= 0.6 is 11.6 Å². The zero-order valence-electron chi connectivity index (χ0n) is 9.88. The van der Waals surface area contributed by atoms with Crippen LogP contribution in [0.4, 0.5) is 5.69 Å². The predicted octanol–water partition coefficient (Wildman–Crippen LogP) is 1.80. The van der Waals surface area contributed by atoms with Gasteiger partial charge in [-0.25, -0.2) is 13.1 Å². The van der Waals surface area contributed by atoms with Crippen LogP contribution in [0.15, 0.2) is 47.6 Å². The summed E-state index contributed by atoms with van der Waals surface area (Å²) in [7, 11) is -3.69. The van der Waals surface area contributed by atoms with E-state index < -0.39 is 10.0 Å². The zero-order chi connectivity index (χ0) is 13.9. The quantitative estimate of drug-likeness (QED) is 0.843. The van der Waals surface area contributed by atoms with Gasteiger partial charge in [-0.1, -0.05) is 11.6 Å². The summed E-state index contributed by atoms with van der Waals surface area (Å²) < 4.78 is 26.7. The molecule has 0 bridgehead atoms. The number of sulfonamides is 1. The van der Waals surface area contributed by atoms with Gasteiger partial charge in [0.05, 0.1) is 5.69 Å². The second-order valence-corrected chi connectivity index (χ2v) is 6.03. The molecule has 2 rings (SSSR count). The fourth-order valence-electron chi connectivity index (χ4n) is 1.50. The molecule has 5 nitrogen and oxygen atoms in total. The maximum absolute atomic E-state index is 12.1. The summed E-state index contributed by atoms with van der Waals surface area (Å²) in [5.41, 5.74) is 6.62. The van der Waals surface area contributed by atoms with Gasteiger partial charge in [-0.3, -0.25) is 4.98 Å². The molecule has 1 heterocycles. The van der Waals surface area contributed by atoms with Crippen molar-refractivity contribution in [2.75, 3.05) is 5.73 Å². The molecule has 0 spiro atoms. The number of hydrogen-bond donors (Lipinski definition) is 2. The number of benzene rings is 1. The minimum absolute atomic E-state index is 0.0194. The molecule has 0 radical (unpaired) electrons. The van der Waals surface area contributed by atoms with E-state index in [1.807, 2.05) is 0 Å². The largest absolute Gasteiger partial charge is 0.398 e. The van der Waals surface area contributed by atoms with E-state index in [1.165, 1.54) is 12.1 Å². The molecular weight excluding hydrogens is 286 g/mol. The second kappa shape index (κ2) is 5.56. The molecule has 100 valence electrons. The highest BCUT2D eigenvalue weighted by molar-refractivity contribution is 7.89. The summed E-state index contributed by atoms with van der Waals surface area (Å²) in [6.07, 6.45) is 3.19. The number of aromatic nitrogens is 1. The van der Waals surface area contributed by atoms with Crippen molar-refractivity contribution in [1.82, 2.24) is 9.71 Å². The molecule has 0 fully saturated rings. The maximum atomic E-state index is 12.1. The Morgan fingerprint density at radius 2 is 1.89 bits per heavy atom. The molecule has 19 heavy (non-hydrogen) atoms. The first-order valence-corrected chi connectivity index (χ1v) is 7.29. The van der Waals surface area contributed by atoms with Gasteiger partial charge in [-0.2, -0.15) is 0 Å². The number of nitrogens with two attached hydrogens (primary N) is 1. The monoisotopic (exact) mass is 297 g/mol. The van der Waals surface area contributed by atoms with E-state index in [1.54, 1.807) is 30.6 Å². The zero-order valence-corrected chi connectivity index (χ0v) is 11.4. The Bertz CT molecular complexity index is 675. The number of nitrogens with zero attached hydrogens (tertiary/aromatic N) is 1. The number of pyridine rings is 1. The predicted molar refractivity (Wildman–Crippen MR) is 74.1 cm³/mol. The van der Waals surface area contributed by atoms with Crippen LogP contribution in [-0.2, 0) is 16.6 Å². The molecule has 0 atom stereocenters. The highest BCUT2D eigenvalue weighted by Gasteiger charge is 2.17. The van der Waals surface area contributed by atoms with Gasteiger partial charge in [0.1, 0.15) is 4.90 Å². The number of nitrogen functional groups attached to an aromatic ring is 1. The van der Waals surface area contributed by atoms with E-state index in [4.69, 9.17) is 17.3 Å². The molecular formula is C12H12ClN3O2S. The van der Waals surface area contributed by atoms with Crippen molar-refractivity contribution in [2.24, 2.45) is 0 Å². The van der Waals surface area contributed by atoms with Gasteiger partial charge >= 0.3 is 0 Å². The highest BCUT2D eigenvalue weighted by Crippen LogP contribution is 2.22. The molecule has 3 N–H and O–H groups in total. The van der Waals surface area contributed by atoms with E-state index in [-0.39, 0.29) is 17.1 Å². The maximum Gasteiger partial charge on any atom is 0.242 e. The van der Waals surface area contributed by atoms with Crippen molar-refractivity contribution < 1.29 is 8.42 Å². The molecule has 0 unspecified atom stereocenters. The highest BCUT2D eigenvalue weighted by atomic mass is 35.5. The molecule has 1 aromatic carbocycles. The van der Waals surface area contributed by atoms with E-state index in [0.717, 1.165) is 5.56 Å². The number of rotatable bonds is 4. The Labute approximate surface area is 116 Å². The SMILES string of the molecule is Nc1ccc(Cl)cc1S(=O)(=O)NCc1ccncc1. The van der Waals surface area contributed by atoms with Crippen molar-refractivity contribution in [3.8, 4) is 0 Å². The van der Waals surface area contributed by atoms with Gasteiger partial charge in [0.25, 0.3) is 0 Å².